The van der Waals surface area contributed by atoms with E-state index in [-0.39, 0.29) is 30.9 Å². The zero-order valence-electron chi connectivity index (χ0n) is 23.5. The minimum absolute atomic E-state index is 0.110. The highest BCUT2D eigenvalue weighted by molar-refractivity contribution is 6.03. The molecule has 3 saturated heterocycles. The molecular weight excluding hydrogens is 486 g/mol. The van der Waals surface area contributed by atoms with Gasteiger partial charge in [0.05, 0.1) is 30.8 Å². The zero-order valence-corrected chi connectivity index (χ0v) is 23.5. The van der Waals surface area contributed by atoms with E-state index in [9.17, 15) is 19.5 Å². The van der Waals surface area contributed by atoms with Gasteiger partial charge in [0.1, 0.15) is 17.6 Å². The molecule has 9 nitrogen and oxygen atoms in total. The summed E-state index contributed by atoms with van der Waals surface area (Å²) in [6.45, 7) is 13.4. The number of aliphatic hydroxyl groups is 1. The summed E-state index contributed by atoms with van der Waals surface area (Å²) >= 11 is 0. The van der Waals surface area contributed by atoms with Gasteiger partial charge in [0.2, 0.25) is 11.8 Å². The highest BCUT2D eigenvalue weighted by Gasteiger charge is 2.79. The molecular formula is C29H43N3O6. The Hall–Kier alpha value is -2.65. The summed E-state index contributed by atoms with van der Waals surface area (Å²) in [5.74, 6) is -2.86. The van der Waals surface area contributed by atoms with E-state index in [1.54, 1.807) is 6.92 Å². The monoisotopic (exact) mass is 529 g/mol. The number of likely N-dealkylation sites (tertiary alicyclic amines) is 1. The molecule has 1 aromatic carbocycles. The van der Waals surface area contributed by atoms with Crippen molar-refractivity contribution in [2.45, 2.75) is 84.1 Å². The lowest BCUT2D eigenvalue weighted by Crippen LogP contribution is -2.57. The molecule has 210 valence electrons. The highest BCUT2D eigenvalue weighted by atomic mass is 16.6. The summed E-state index contributed by atoms with van der Waals surface area (Å²) in [7, 11) is 0. The predicted molar refractivity (Wildman–Crippen MR) is 145 cm³/mol. The first kappa shape index (κ1) is 28.4. The fourth-order valence-corrected chi connectivity index (χ4v) is 7.08. The Morgan fingerprint density at radius 2 is 1.82 bits per heavy atom. The van der Waals surface area contributed by atoms with Crippen molar-refractivity contribution < 1.29 is 29.0 Å². The van der Waals surface area contributed by atoms with Crippen LogP contribution in [-0.2, 0) is 23.9 Å². The van der Waals surface area contributed by atoms with E-state index in [1.165, 1.54) is 4.90 Å². The van der Waals surface area contributed by atoms with Gasteiger partial charge >= 0.3 is 5.97 Å². The van der Waals surface area contributed by atoms with E-state index in [1.807, 2.05) is 45.0 Å². The molecule has 3 aliphatic heterocycles. The van der Waals surface area contributed by atoms with Crippen LogP contribution in [0.25, 0.3) is 0 Å². The lowest BCUT2D eigenvalue weighted by molar-refractivity contribution is -0.161. The van der Waals surface area contributed by atoms with Crippen molar-refractivity contribution in [3.05, 3.63) is 24.3 Å². The molecule has 2 unspecified atom stereocenters. The van der Waals surface area contributed by atoms with Crippen LogP contribution >= 0.6 is 0 Å². The van der Waals surface area contributed by atoms with Crippen molar-refractivity contribution in [1.29, 1.82) is 0 Å². The van der Waals surface area contributed by atoms with Crippen LogP contribution in [0.15, 0.2) is 24.3 Å². The molecule has 2 N–H and O–H groups in total. The Balaban J connectivity index is 1.73. The van der Waals surface area contributed by atoms with Gasteiger partial charge in [0.25, 0.3) is 0 Å². The minimum Gasteiger partial charge on any atom is -0.466 e. The number of aliphatic hydroxyl groups excluding tert-OH is 1. The van der Waals surface area contributed by atoms with Gasteiger partial charge in [-0.2, -0.15) is 0 Å². The number of esters is 1. The van der Waals surface area contributed by atoms with E-state index in [0.717, 1.165) is 18.8 Å². The fourth-order valence-electron chi connectivity index (χ4n) is 7.08. The topological polar surface area (TPSA) is 108 Å². The number of ether oxygens (including phenoxy) is 2. The third-order valence-corrected chi connectivity index (χ3v) is 8.98. The van der Waals surface area contributed by atoms with E-state index < -0.39 is 41.1 Å². The number of nitrogens with zero attached hydrogens (tertiary/aromatic N) is 2. The summed E-state index contributed by atoms with van der Waals surface area (Å²) in [5, 5.41) is 13.3. The molecule has 3 aliphatic rings. The summed E-state index contributed by atoms with van der Waals surface area (Å²) in [4.78, 5) is 45.2. The number of anilines is 2. The van der Waals surface area contributed by atoms with Crippen LogP contribution in [0.4, 0.5) is 11.4 Å². The van der Waals surface area contributed by atoms with Crippen LogP contribution in [0.2, 0.25) is 0 Å². The predicted octanol–water partition coefficient (Wildman–Crippen LogP) is 3.21. The van der Waals surface area contributed by atoms with Gasteiger partial charge < -0.3 is 29.7 Å². The molecule has 3 heterocycles. The van der Waals surface area contributed by atoms with Crippen LogP contribution in [-0.4, -0.2) is 77.4 Å². The van der Waals surface area contributed by atoms with Gasteiger partial charge in [-0.1, -0.05) is 20.8 Å². The Morgan fingerprint density at radius 3 is 2.34 bits per heavy atom. The minimum atomic E-state index is -1.15. The molecule has 38 heavy (non-hydrogen) atoms. The average molecular weight is 530 g/mol. The Kier molecular flexibility index (Phi) is 8.09. The quantitative estimate of drug-likeness (QED) is 0.424. The third kappa shape index (κ3) is 4.28. The number of fused-ring (bicyclic) bond motifs is 1. The second kappa shape index (κ2) is 10.8. The first-order chi connectivity index (χ1) is 18.1. The first-order valence-electron chi connectivity index (χ1n) is 14.1. The molecule has 1 spiro atoms. The van der Waals surface area contributed by atoms with Crippen LogP contribution in [0, 0.1) is 17.8 Å². The number of hydrogen-bond acceptors (Lipinski definition) is 7. The molecule has 3 fully saturated rings. The van der Waals surface area contributed by atoms with E-state index in [0.29, 0.717) is 24.9 Å². The molecule has 1 aromatic rings. The van der Waals surface area contributed by atoms with Crippen molar-refractivity contribution in [2.75, 3.05) is 36.5 Å². The number of carbonyl (C=O) groups is 3. The zero-order chi connectivity index (χ0) is 27.8. The van der Waals surface area contributed by atoms with Gasteiger partial charge in [-0.05, 0) is 70.2 Å². The number of amides is 2. The van der Waals surface area contributed by atoms with Gasteiger partial charge in [-0.25, -0.2) is 0 Å². The SMILES string of the molecule is CCOC(=O)[C@@H]1[C@H]2C(=O)N([C@@H](CO)C(C)C)C(C(=O)Nc3ccc(N(CC)CC)cc3)C23CC[C@@]1(CC)O3. The number of rotatable bonds is 11. The maximum atomic E-state index is 14.1. The lowest BCUT2D eigenvalue weighted by Gasteiger charge is -2.38. The molecule has 0 aliphatic carbocycles. The van der Waals surface area contributed by atoms with E-state index >= 15 is 0 Å². The molecule has 2 bridgehead atoms. The fraction of sp³-hybridized carbons (Fsp3) is 0.690. The Labute approximate surface area is 225 Å². The van der Waals surface area contributed by atoms with Crippen LogP contribution < -0.4 is 10.2 Å². The summed E-state index contributed by atoms with van der Waals surface area (Å²) in [6, 6.07) is 6.07. The number of hydrogen-bond donors (Lipinski definition) is 2. The molecule has 4 rings (SSSR count). The normalized spacial score (nSPS) is 30.5. The first-order valence-corrected chi connectivity index (χ1v) is 14.1. The van der Waals surface area contributed by atoms with Crippen molar-refractivity contribution in [3.63, 3.8) is 0 Å². The molecule has 6 atom stereocenters. The maximum absolute atomic E-state index is 14.1. The standard InChI is InChI=1S/C29H43N3O6/c1-7-28-15-16-29(38-28)22(23(28)27(36)37-10-4)26(35)32(21(17-33)18(5)6)24(29)25(34)30-19-11-13-20(14-12-19)31(8-2)9-3/h11-14,18,21-24,33H,7-10,15-17H2,1-6H3,(H,30,34)/t21-,22-,23-,24?,28+,29?/m0/s1. The number of carbonyl (C=O) groups excluding carboxylic acids is 3. The smallest absolute Gasteiger partial charge is 0.312 e. The lowest BCUT2D eigenvalue weighted by atomic mass is 9.65. The van der Waals surface area contributed by atoms with E-state index in [4.69, 9.17) is 9.47 Å². The maximum Gasteiger partial charge on any atom is 0.312 e. The summed E-state index contributed by atoms with van der Waals surface area (Å²) < 4.78 is 12.1. The number of benzene rings is 1. The Bertz CT molecular complexity index is 1040. The summed E-state index contributed by atoms with van der Waals surface area (Å²) in [6.07, 6.45) is 1.59. The second-order valence-corrected chi connectivity index (χ2v) is 11.0. The molecule has 0 aromatic heterocycles. The second-order valence-electron chi connectivity index (χ2n) is 11.0. The van der Waals surface area contributed by atoms with Crippen LogP contribution in [0.5, 0.6) is 0 Å². The van der Waals surface area contributed by atoms with E-state index in [2.05, 4.69) is 24.1 Å². The van der Waals surface area contributed by atoms with Crippen LogP contribution in [0.3, 0.4) is 0 Å². The number of nitrogens with one attached hydrogen (secondary N) is 1. The highest BCUT2D eigenvalue weighted by Crippen LogP contribution is 2.64. The van der Waals surface area contributed by atoms with Gasteiger partial charge in [0, 0.05) is 24.5 Å². The van der Waals surface area contributed by atoms with Crippen molar-refractivity contribution in [1.82, 2.24) is 4.90 Å². The van der Waals surface area contributed by atoms with Crippen molar-refractivity contribution in [2.24, 2.45) is 17.8 Å². The van der Waals surface area contributed by atoms with Crippen molar-refractivity contribution >= 4 is 29.2 Å². The molecule has 0 saturated carbocycles. The average Bonchev–Trinajstić information content (AvgIpc) is 3.50. The third-order valence-electron chi connectivity index (χ3n) is 8.98. The van der Waals surface area contributed by atoms with Gasteiger partial charge in [-0.3, -0.25) is 14.4 Å². The largest absolute Gasteiger partial charge is 0.466 e. The van der Waals surface area contributed by atoms with Crippen molar-refractivity contribution in [3.8, 4) is 0 Å². The molecule has 0 radical (unpaired) electrons. The van der Waals surface area contributed by atoms with Gasteiger partial charge in [0.15, 0.2) is 0 Å². The molecule has 2 amide bonds. The molecule has 9 heteroatoms. The summed E-state index contributed by atoms with van der Waals surface area (Å²) in [5.41, 5.74) is -0.319. The van der Waals surface area contributed by atoms with Crippen LogP contribution in [0.1, 0.15) is 60.8 Å². The van der Waals surface area contributed by atoms with Gasteiger partial charge in [-0.15, -0.1) is 0 Å². The Morgan fingerprint density at radius 1 is 1.16 bits per heavy atom.